The van der Waals surface area contributed by atoms with Crippen molar-refractivity contribution in [2.75, 3.05) is 54.9 Å². The Morgan fingerprint density at radius 3 is 2.52 bits per heavy atom. The van der Waals surface area contributed by atoms with Gasteiger partial charge in [0, 0.05) is 75.3 Å². The molecule has 4 aliphatic rings. The van der Waals surface area contributed by atoms with Crippen LogP contribution in [0.25, 0.3) is 11.1 Å². The molecule has 46 heavy (non-hydrogen) atoms. The molecule has 238 valence electrons. The van der Waals surface area contributed by atoms with Crippen molar-refractivity contribution in [3.8, 4) is 11.1 Å². The van der Waals surface area contributed by atoms with Gasteiger partial charge in [-0.05, 0) is 79.8 Å². The molecule has 3 aromatic heterocycles. The maximum Gasteiger partial charge on any atom is 0.274 e. The Morgan fingerprint density at radius 1 is 0.957 bits per heavy atom. The second-order valence-corrected chi connectivity index (χ2v) is 13.0. The van der Waals surface area contributed by atoms with Crippen molar-refractivity contribution < 1.29 is 14.3 Å². The van der Waals surface area contributed by atoms with Crippen molar-refractivity contribution in [2.45, 2.75) is 44.2 Å². The van der Waals surface area contributed by atoms with Crippen LogP contribution in [0.1, 0.15) is 58.4 Å². The van der Waals surface area contributed by atoms with E-state index in [2.05, 4.69) is 36.9 Å². The minimum absolute atomic E-state index is 0.187. The van der Waals surface area contributed by atoms with E-state index in [1.165, 1.54) is 47.2 Å². The minimum Gasteiger partial charge on any atom is -0.392 e. The van der Waals surface area contributed by atoms with Gasteiger partial charge in [0.1, 0.15) is 17.2 Å². The van der Waals surface area contributed by atoms with Gasteiger partial charge in [-0.25, -0.2) is 4.39 Å². The van der Waals surface area contributed by atoms with E-state index < -0.39 is 12.4 Å². The van der Waals surface area contributed by atoms with Crippen molar-refractivity contribution in [3.05, 3.63) is 81.3 Å². The molecule has 4 aromatic rings. The van der Waals surface area contributed by atoms with Crippen LogP contribution in [0, 0.1) is 5.82 Å². The average molecular weight is 625 g/mol. The molecule has 2 aliphatic carbocycles. The first-order valence-corrected chi connectivity index (χ1v) is 16.0. The van der Waals surface area contributed by atoms with Crippen LogP contribution in [0.5, 0.6) is 0 Å². The smallest absolute Gasteiger partial charge is 0.274 e. The maximum absolute atomic E-state index is 15.4. The minimum atomic E-state index is -0.537. The predicted octanol–water partition coefficient (Wildman–Crippen LogP) is 3.80. The number of aliphatic hydroxyl groups is 1. The number of aromatic nitrogens is 4. The molecule has 0 spiro atoms. The summed E-state index contributed by atoms with van der Waals surface area (Å²) in [6.07, 6.45) is 5.13. The van der Waals surface area contributed by atoms with Gasteiger partial charge in [-0.1, -0.05) is 0 Å². The number of piperazine rings is 1. The Morgan fingerprint density at radius 2 is 1.76 bits per heavy atom. The number of fused-ring (bicyclic) bond motifs is 7. The number of aliphatic hydroxyl groups excluding tert-OH is 1. The fourth-order valence-electron chi connectivity index (χ4n) is 7.94. The summed E-state index contributed by atoms with van der Waals surface area (Å²) in [4.78, 5) is 33.1. The number of hydrogen-bond acceptors (Lipinski definition) is 8. The zero-order valence-corrected chi connectivity index (χ0v) is 26.0. The van der Waals surface area contributed by atoms with E-state index in [9.17, 15) is 14.7 Å². The Bertz CT molecular complexity index is 1910. The molecule has 2 atom stereocenters. The standard InChI is InChI=1S/C34H37FN8O3/c1-39-7-9-41(10-8-39)31-6-5-30(37-38-31)36-27-14-22(18-40(2)33(27)45)24-15-23(35)16-28(26(24)19-44)43-12-11-42-29(34(43)46)17-25-20-3-4-21(13-20)32(25)42/h5-6,14-18,20-21,44H,3-4,7-13,19H2,1-2H3,(H,36,37). The lowest BCUT2D eigenvalue weighted by Gasteiger charge is -2.32. The van der Waals surface area contributed by atoms with E-state index in [0.29, 0.717) is 58.8 Å². The molecule has 1 saturated heterocycles. The number of halogens is 1. The third kappa shape index (κ3) is 4.70. The van der Waals surface area contributed by atoms with Gasteiger partial charge < -0.3 is 34.3 Å². The lowest BCUT2D eigenvalue weighted by Crippen LogP contribution is -2.44. The summed E-state index contributed by atoms with van der Waals surface area (Å²) in [7, 11) is 3.71. The molecule has 2 unspecified atom stereocenters. The molecule has 12 heteroatoms. The lowest BCUT2D eigenvalue weighted by atomic mass is 9.97. The number of rotatable bonds is 6. The van der Waals surface area contributed by atoms with Crippen LogP contribution in [0.2, 0.25) is 0 Å². The van der Waals surface area contributed by atoms with Crippen molar-refractivity contribution >= 4 is 28.9 Å². The van der Waals surface area contributed by atoms with Gasteiger partial charge in [0.05, 0.1) is 12.3 Å². The van der Waals surface area contributed by atoms with Crippen LogP contribution in [-0.2, 0) is 20.2 Å². The van der Waals surface area contributed by atoms with Gasteiger partial charge in [0.2, 0.25) is 0 Å². The zero-order valence-electron chi connectivity index (χ0n) is 26.0. The van der Waals surface area contributed by atoms with Gasteiger partial charge in [0.15, 0.2) is 11.6 Å². The summed E-state index contributed by atoms with van der Waals surface area (Å²) >= 11 is 0. The van der Waals surface area contributed by atoms with E-state index in [1.807, 2.05) is 12.1 Å². The van der Waals surface area contributed by atoms with Crippen LogP contribution < -0.4 is 20.7 Å². The number of aryl methyl sites for hydroxylation is 1. The predicted molar refractivity (Wildman–Crippen MR) is 173 cm³/mol. The molecule has 2 bridgehead atoms. The number of hydrogen-bond donors (Lipinski definition) is 2. The highest BCUT2D eigenvalue weighted by Crippen LogP contribution is 2.54. The molecule has 2 fully saturated rings. The molecule has 2 N–H and O–H groups in total. The largest absolute Gasteiger partial charge is 0.392 e. The molecule has 11 nitrogen and oxygen atoms in total. The van der Waals surface area contributed by atoms with Crippen LogP contribution >= 0.6 is 0 Å². The zero-order chi connectivity index (χ0) is 31.7. The van der Waals surface area contributed by atoms with E-state index in [-0.39, 0.29) is 17.2 Å². The summed E-state index contributed by atoms with van der Waals surface area (Å²) in [5, 5.41) is 22.4. The van der Waals surface area contributed by atoms with Crippen molar-refractivity contribution in [1.29, 1.82) is 0 Å². The summed E-state index contributed by atoms with van der Waals surface area (Å²) in [6.45, 7) is 4.21. The van der Waals surface area contributed by atoms with Crippen molar-refractivity contribution in [2.24, 2.45) is 7.05 Å². The average Bonchev–Trinajstić information content (AvgIpc) is 3.78. The molecule has 8 rings (SSSR count). The second-order valence-electron chi connectivity index (χ2n) is 13.0. The lowest BCUT2D eigenvalue weighted by molar-refractivity contribution is 0.0964. The Hall–Kier alpha value is -4.55. The number of anilines is 4. The van der Waals surface area contributed by atoms with Crippen LogP contribution in [0.4, 0.5) is 27.4 Å². The second kappa shape index (κ2) is 11.1. The number of carbonyl (C=O) groups is 1. The number of nitrogens with one attached hydrogen (secondary N) is 1. The van der Waals surface area contributed by atoms with Gasteiger partial charge in [-0.2, -0.15) is 0 Å². The fourth-order valence-corrected chi connectivity index (χ4v) is 7.94. The van der Waals surface area contributed by atoms with Crippen LogP contribution in [0.15, 0.2) is 47.4 Å². The van der Waals surface area contributed by atoms with E-state index >= 15 is 4.39 Å². The highest BCUT2D eigenvalue weighted by Gasteiger charge is 2.43. The highest BCUT2D eigenvalue weighted by atomic mass is 19.1. The Balaban J connectivity index is 1.11. The summed E-state index contributed by atoms with van der Waals surface area (Å²) in [5.41, 5.74) is 4.85. The monoisotopic (exact) mass is 624 g/mol. The van der Waals surface area contributed by atoms with E-state index in [1.54, 1.807) is 30.3 Å². The molecular weight excluding hydrogens is 587 g/mol. The molecule has 1 aromatic carbocycles. The van der Waals surface area contributed by atoms with E-state index in [4.69, 9.17) is 0 Å². The van der Waals surface area contributed by atoms with Crippen LogP contribution in [-0.4, -0.2) is 75.0 Å². The summed E-state index contributed by atoms with van der Waals surface area (Å²) in [5.74, 6) is 1.50. The summed E-state index contributed by atoms with van der Waals surface area (Å²) < 4.78 is 18.9. The number of likely N-dealkylation sites (N-methyl/N-ethyl adjacent to an activating group) is 1. The summed E-state index contributed by atoms with van der Waals surface area (Å²) in [6, 6.07) is 9.99. The molecular formula is C34H37FN8O3. The van der Waals surface area contributed by atoms with Crippen molar-refractivity contribution in [3.63, 3.8) is 0 Å². The normalized spacial score (nSPS) is 20.7. The first-order valence-electron chi connectivity index (χ1n) is 16.0. The maximum atomic E-state index is 15.4. The quantitative estimate of drug-likeness (QED) is 0.334. The van der Waals surface area contributed by atoms with Gasteiger partial charge in [-0.15, -0.1) is 10.2 Å². The third-order valence-electron chi connectivity index (χ3n) is 10.3. The third-order valence-corrected chi connectivity index (χ3v) is 10.3. The number of carbonyl (C=O) groups excluding carboxylic acids is 1. The molecule has 1 amide bonds. The Labute approximate surface area is 265 Å². The molecule has 0 radical (unpaired) electrons. The molecule has 2 aliphatic heterocycles. The highest BCUT2D eigenvalue weighted by molar-refractivity contribution is 6.07. The fraction of sp³-hybridized carbons (Fsp3) is 0.412. The molecule has 5 heterocycles. The number of amides is 1. The topological polar surface area (TPSA) is 112 Å². The molecule has 1 saturated carbocycles. The van der Waals surface area contributed by atoms with Crippen molar-refractivity contribution in [1.82, 2.24) is 24.2 Å². The van der Waals surface area contributed by atoms with Crippen LogP contribution in [0.3, 0.4) is 0 Å². The van der Waals surface area contributed by atoms with E-state index in [0.717, 1.165) is 32.0 Å². The number of nitrogens with zero attached hydrogens (tertiary/aromatic N) is 7. The van der Waals surface area contributed by atoms with Gasteiger partial charge in [0.25, 0.3) is 11.5 Å². The Kier molecular flexibility index (Phi) is 6.95. The SMILES string of the molecule is CN1CCN(c2ccc(Nc3cc(-c4cc(F)cc(N5CCn6c(cc7c6C6CCC7C6)C5=O)c4CO)cn(C)c3=O)nn2)CC1. The number of benzene rings is 1. The number of pyridine rings is 1. The first kappa shape index (κ1) is 28.9. The van der Waals surface area contributed by atoms with Gasteiger partial charge in [-0.3, -0.25) is 9.59 Å². The van der Waals surface area contributed by atoms with Gasteiger partial charge >= 0.3 is 0 Å². The first-order chi connectivity index (χ1) is 22.3.